The fraction of sp³-hybridized carbons (Fsp3) is 0.312. The summed E-state index contributed by atoms with van der Waals surface area (Å²) in [6.45, 7) is 3.53. The number of methoxy groups -OCH3 is 1. The van der Waals surface area contributed by atoms with Crippen LogP contribution < -0.4 is 5.73 Å². The summed E-state index contributed by atoms with van der Waals surface area (Å²) in [6, 6.07) is 9.56. The number of ether oxygens (including phenoxy) is 1. The first-order valence-electron chi connectivity index (χ1n) is 6.79. The largest absolute Gasteiger partial charge is 0.398 e. The van der Waals surface area contributed by atoms with E-state index in [1.165, 1.54) is 0 Å². The second kappa shape index (κ2) is 7.24. The number of nitrogens with two attached hydrogens (primary N) is 1. The molecular weight excluding hydrogens is 284 g/mol. The van der Waals surface area contributed by atoms with Crippen LogP contribution in [0, 0.1) is 6.92 Å². The van der Waals surface area contributed by atoms with E-state index in [1.54, 1.807) is 29.4 Å². The van der Waals surface area contributed by atoms with Crippen LogP contribution in [0.5, 0.6) is 0 Å². The number of aryl methyl sites for hydroxylation is 1. The van der Waals surface area contributed by atoms with Crippen molar-refractivity contribution in [2.45, 2.75) is 13.5 Å². The summed E-state index contributed by atoms with van der Waals surface area (Å²) in [7, 11) is 1.63. The molecular formula is C16H20N2O2S. The number of nitrogens with zero attached hydrogens (tertiary/aromatic N) is 1. The van der Waals surface area contributed by atoms with Crippen molar-refractivity contribution >= 4 is 22.9 Å². The number of benzene rings is 1. The summed E-state index contributed by atoms with van der Waals surface area (Å²) in [4.78, 5) is 15.7. The highest BCUT2D eigenvalue weighted by atomic mass is 32.1. The van der Waals surface area contributed by atoms with Gasteiger partial charge in [-0.1, -0.05) is 18.2 Å². The lowest BCUT2D eigenvalue weighted by Crippen LogP contribution is -2.33. The van der Waals surface area contributed by atoms with E-state index in [1.807, 2.05) is 36.6 Å². The Morgan fingerprint density at radius 3 is 2.81 bits per heavy atom. The Hall–Kier alpha value is -1.85. The standard InChI is InChI=1S/C16H20N2O2S/c1-12-5-3-7-14(15(12)17)16(19)18(8-9-20-2)11-13-6-4-10-21-13/h3-7,10H,8-9,11,17H2,1-2H3. The lowest BCUT2D eigenvalue weighted by Gasteiger charge is -2.23. The van der Waals surface area contributed by atoms with Crippen LogP contribution in [-0.2, 0) is 11.3 Å². The monoisotopic (exact) mass is 304 g/mol. The van der Waals surface area contributed by atoms with Crippen molar-refractivity contribution in [3.63, 3.8) is 0 Å². The molecule has 5 heteroatoms. The van der Waals surface area contributed by atoms with Gasteiger partial charge in [0.2, 0.25) is 0 Å². The van der Waals surface area contributed by atoms with E-state index in [9.17, 15) is 4.79 Å². The minimum absolute atomic E-state index is 0.0540. The van der Waals surface area contributed by atoms with Crippen molar-refractivity contribution in [3.05, 3.63) is 51.7 Å². The molecule has 1 aromatic heterocycles. The van der Waals surface area contributed by atoms with E-state index in [0.717, 1.165) is 10.4 Å². The van der Waals surface area contributed by atoms with Crippen LogP contribution in [0.4, 0.5) is 5.69 Å². The fourth-order valence-corrected chi connectivity index (χ4v) is 2.80. The molecule has 0 unspecified atom stereocenters. The van der Waals surface area contributed by atoms with E-state index in [-0.39, 0.29) is 5.91 Å². The van der Waals surface area contributed by atoms with Gasteiger partial charge < -0.3 is 15.4 Å². The van der Waals surface area contributed by atoms with Gasteiger partial charge in [0.15, 0.2) is 0 Å². The molecule has 0 radical (unpaired) electrons. The zero-order valence-corrected chi connectivity index (χ0v) is 13.2. The van der Waals surface area contributed by atoms with Gasteiger partial charge in [-0.15, -0.1) is 11.3 Å². The minimum Gasteiger partial charge on any atom is -0.398 e. The minimum atomic E-state index is -0.0540. The number of amides is 1. The van der Waals surface area contributed by atoms with Crippen LogP contribution in [0.2, 0.25) is 0 Å². The van der Waals surface area contributed by atoms with Gasteiger partial charge in [-0.05, 0) is 30.0 Å². The van der Waals surface area contributed by atoms with Gasteiger partial charge in [0.25, 0.3) is 5.91 Å². The number of rotatable bonds is 6. The van der Waals surface area contributed by atoms with Crippen molar-refractivity contribution in [2.75, 3.05) is 26.0 Å². The fourth-order valence-electron chi connectivity index (χ4n) is 2.08. The van der Waals surface area contributed by atoms with Crippen LogP contribution in [-0.4, -0.2) is 31.1 Å². The normalized spacial score (nSPS) is 10.6. The highest BCUT2D eigenvalue weighted by Crippen LogP contribution is 2.20. The molecule has 1 heterocycles. The second-order valence-corrected chi connectivity index (χ2v) is 5.87. The Balaban J connectivity index is 2.22. The van der Waals surface area contributed by atoms with Gasteiger partial charge in [-0.2, -0.15) is 0 Å². The lowest BCUT2D eigenvalue weighted by molar-refractivity contribution is 0.0683. The predicted octanol–water partition coefficient (Wildman–Crippen LogP) is 2.93. The Labute approximate surface area is 129 Å². The van der Waals surface area contributed by atoms with Crippen LogP contribution in [0.3, 0.4) is 0 Å². The first-order valence-corrected chi connectivity index (χ1v) is 7.67. The third-order valence-corrected chi connectivity index (χ3v) is 4.20. The summed E-state index contributed by atoms with van der Waals surface area (Å²) in [5.41, 5.74) is 8.08. The zero-order valence-electron chi connectivity index (χ0n) is 12.3. The summed E-state index contributed by atoms with van der Waals surface area (Å²) < 4.78 is 5.11. The van der Waals surface area contributed by atoms with Crippen molar-refractivity contribution < 1.29 is 9.53 Å². The molecule has 0 aliphatic rings. The maximum atomic E-state index is 12.7. The molecule has 1 amide bonds. The Morgan fingerprint density at radius 1 is 1.33 bits per heavy atom. The number of nitrogen functional groups attached to an aromatic ring is 1. The highest BCUT2D eigenvalue weighted by Gasteiger charge is 2.19. The van der Waals surface area contributed by atoms with Crippen LogP contribution in [0.1, 0.15) is 20.8 Å². The molecule has 0 spiro atoms. The topological polar surface area (TPSA) is 55.6 Å². The van der Waals surface area contributed by atoms with Crippen molar-refractivity contribution in [1.29, 1.82) is 0 Å². The van der Waals surface area contributed by atoms with Crippen LogP contribution in [0.25, 0.3) is 0 Å². The molecule has 2 N–H and O–H groups in total. The summed E-state index contributed by atoms with van der Waals surface area (Å²) in [5, 5.41) is 2.01. The van der Waals surface area contributed by atoms with Gasteiger partial charge in [0.05, 0.1) is 18.7 Å². The quantitative estimate of drug-likeness (QED) is 0.835. The third kappa shape index (κ3) is 3.83. The van der Waals surface area contributed by atoms with Crippen molar-refractivity contribution in [3.8, 4) is 0 Å². The first kappa shape index (κ1) is 15.5. The summed E-state index contributed by atoms with van der Waals surface area (Å²) in [6.07, 6.45) is 0. The average Bonchev–Trinajstić information content (AvgIpc) is 2.98. The van der Waals surface area contributed by atoms with E-state index >= 15 is 0 Å². The maximum Gasteiger partial charge on any atom is 0.256 e. The lowest BCUT2D eigenvalue weighted by atomic mass is 10.1. The van der Waals surface area contributed by atoms with Gasteiger partial charge in [-0.25, -0.2) is 0 Å². The number of hydrogen-bond donors (Lipinski definition) is 1. The molecule has 0 aliphatic carbocycles. The van der Waals surface area contributed by atoms with Gasteiger partial charge in [-0.3, -0.25) is 4.79 Å². The zero-order chi connectivity index (χ0) is 15.2. The molecule has 0 bridgehead atoms. The number of anilines is 1. The van der Waals surface area contributed by atoms with Crippen molar-refractivity contribution in [2.24, 2.45) is 0 Å². The molecule has 4 nitrogen and oxygen atoms in total. The smallest absolute Gasteiger partial charge is 0.256 e. The van der Waals surface area contributed by atoms with Gasteiger partial charge in [0.1, 0.15) is 0 Å². The number of para-hydroxylation sites is 1. The molecule has 21 heavy (non-hydrogen) atoms. The SMILES string of the molecule is COCCN(Cc1cccs1)C(=O)c1cccc(C)c1N. The van der Waals surface area contributed by atoms with E-state index < -0.39 is 0 Å². The number of thiophene rings is 1. The molecule has 0 fully saturated rings. The molecule has 0 atom stereocenters. The third-order valence-electron chi connectivity index (χ3n) is 3.33. The molecule has 0 saturated carbocycles. The Kier molecular flexibility index (Phi) is 5.36. The molecule has 0 aliphatic heterocycles. The number of carbonyl (C=O) groups is 1. The molecule has 0 saturated heterocycles. The number of carbonyl (C=O) groups excluding carboxylic acids is 1. The molecule has 1 aromatic carbocycles. The number of hydrogen-bond acceptors (Lipinski definition) is 4. The molecule has 2 rings (SSSR count). The van der Waals surface area contributed by atoms with E-state index in [0.29, 0.717) is 30.9 Å². The van der Waals surface area contributed by atoms with Gasteiger partial charge in [0, 0.05) is 24.2 Å². The van der Waals surface area contributed by atoms with E-state index in [2.05, 4.69) is 0 Å². The highest BCUT2D eigenvalue weighted by molar-refractivity contribution is 7.09. The second-order valence-electron chi connectivity index (χ2n) is 4.84. The van der Waals surface area contributed by atoms with Crippen LogP contribution >= 0.6 is 11.3 Å². The summed E-state index contributed by atoms with van der Waals surface area (Å²) in [5.74, 6) is -0.0540. The van der Waals surface area contributed by atoms with Crippen LogP contribution in [0.15, 0.2) is 35.7 Å². The summed E-state index contributed by atoms with van der Waals surface area (Å²) >= 11 is 1.64. The maximum absolute atomic E-state index is 12.7. The molecule has 2 aromatic rings. The van der Waals surface area contributed by atoms with Gasteiger partial charge >= 0.3 is 0 Å². The molecule has 112 valence electrons. The van der Waals surface area contributed by atoms with Crippen molar-refractivity contribution in [1.82, 2.24) is 4.90 Å². The first-order chi connectivity index (χ1) is 10.1. The predicted molar refractivity (Wildman–Crippen MR) is 86.5 cm³/mol. The Bertz CT molecular complexity index is 596. The van der Waals surface area contributed by atoms with E-state index in [4.69, 9.17) is 10.5 Å². The Morgan fingerprint density at radius 2 is 2.14 bits per heavy atom. The average molecular weight is 304 g/mol.